The lowest BCUT2D eigenvalue weighted by molar-refractivity contribution is -0.145. The summed E-state index contributed by atoms with van der Waals surface area (Å²) in [5.74, 6) is -5.29. The Morgan fingerprint density at radius 2 is 1.88 bits per heavy atom. The van der Waals surface area contributed by atoms with Crippen molar-refractivity contribution in [2.45, 2.75) is 29.9 Å². The van der Waals surface area contributed by atoms with Crippen LogP contribution in [0.4, 0.5) is 8.78 Å². The molecule has 132 valence electrons. The van der Waals surface area contributed by atoms with Gasteiger partial charge in [-0.05, 0) is 30.5 Å². The molecule has 1 unspecified atom stereocenters. The van der Waals surface area contributed by atoms with E-state index in [2.05, 4.69) is 0 Å². The highest BCUT2D eigenvalue weighted by molar-refractivity contribution is 7.91. The number of hydrogen-bond acceptors (Lipinski definition) is 4. The standard InChI is InChI=1S/C15H17F2NO5S/c16-15(17)24(22,23)12-5-3-10(4-6-12)8-13(19)18-7-1-2-11(9-18)14(20)21/h3-6,11,15H,1-2,7-9H2,(H,20,21). The van der Waals surface area contributed by atoms with Crippen LogP contribution in [-0.2, 0) is 25.8 Å². The minimum Gasteiger partial charge on any atom is -0.481 e. The zero-order valence-electron chi connectivity index (χ0n) is 12.7. The van der Waals surface area contributed by atoms with Crippen molar-refractivity contribution in [3.8, 4) is 0 Å². The predicted octanol–water partition coefficient (Wildman–Crippen LogP) is 1.55. The van der Waals surface area contributed by atoms with E-state index in [1.165, 1.54) is 17.0 Å². The molecule has 0 aromatic heterocycles. The van der Waals surface area contributed by atoms with Gasteiger partial charge in [0.15, 0.2) is 0 Å². The second kappa shape index (κ2) is 7.25. The number of nitrogens with zero attached hydrogens (tertiary/aromatic N) is 1. The number of hydrogen-bond donors (Lipinski definition) is 1. The fourth-order valence-corrected chi connectivity index (χ4v) is 3.31. The molecule has 1 saturated heterocycles. The number of aliphatic carboxylic acids is 1. The molecule has 6 nitrogen and oxygen atoms in total. The molecule has 1 aromatic carbocycles. The molecule has 0 saturated carbocycles. The molecule has 1 amide bonds. The van der Waals surface area contributed by atoms with Crippen LogP contribution in [0.2, 0.25) is 0 Å². The molecule has 24 heavy (non-hydrogen) atoms. The third-order valence-corrected chi connectivity index (χ3v) is 5.36. The molecular formula is C15H17F2NO5S. The smallest absolute Gasteiger partial charge is 0.341 e. The van der Waals surface area contributed by atoms with Gasteiger partial charge >= 0.3 is 11.7 Å². The summed E-state index contributed by atoms with van der Waals surface area (Å²) in [5, 5.41) is 9.02. The highest BCUT2D eigenvalue weighted by Gasteiger charge is 2.29. The van der Waals surface area contributed by atoms with Crippen molar-refractivity contribution in [2.24, 2.45) is 5.92 Å². The molecule has 9 heteroatoms. The first-order chi connectivity index (χ1) is 11.2. The molecule has 1 aliphatic heterocycles. The van der Waals surface area contributed by atoms with Gasteiger partial charge in [-0.3, -0.25) is 9.59 Å². The van der Waals surface area contributed by atoms with Gasteiger partial charge in [0.25, 0.3) is 0 Å². The number of rotatable bonds is 5. The van der Waals surface area contributed by atoms with Gasteiger partial charge in [-0.2, -0.15) is 8.78 Å². The van der Waals surface area contributed by atoms with Gasteiger partial charge < -0.3 is 10.0 Å². The van der Waals surface area contributed by atoms with Crippen LogP contribution in [-0.4, -0.2) is 49.1 Å². The second-order valence-electron chi connectivity index (χ2n) is 5.64. The maximum atomic E-state index is 12.5. The van der Waals surface area contributed by atoms with E-state index in [4.69, 9.17) is 5.11 Å². The molecule has 1 aromatic rings. The Kier molecular flexibility index (Phi) is 5.53. The number of benzene rings is 1. The molecule has 1 atom stereocenters. The SMILES string of the molecule is O=C(O)C1CCCN(C(=O)Cc2ccc(S(=O)(=O)C(F)F)cc2)C1. The average molecular weight is 361 g/mol. The van der Waals surface area contributed by atoms with Crippen LogP contribution in [0.25, 0.3) is 0 Å². The van der Waals surface area contributed by atoms with E-state index < -0.39 is 32.4 Å². The highest BCUT2D eigenvalue weighted by Crippen LogP contribution is 2.20. The first kappa shape index (κ1) is 18.3. The lowest BCUT2D eigenvalue weighted by Gasteiger charge is -2.30. The van der Waals surface area contributed by atoms with Crippen molar-refractivity contribution < 1.29 is 31.9 Å². The van der Waals surface area contributed by atoms with Gasteiger partial charge in [0.2, 0.25) is 15.7 Å². The van der Waals surface area contributed by atoms with E-state index in [0.29, 0.717) is 24.9 Å². The maximum absolute atomic E-state index is 12.5. The number of carbonyl (C=O) groups is 2. The lowest BCUT2D eigenvalue weighted by atomic mass is 9.97. The Morgan fingerprint density at radius 3 is 2.42 bits per heavy atom. The summed E-state index contributed by atoms with van der Waals surface area (Å²) in [6, 6.07) is 4.71. The lowest BCUT2D eigenvalue weighted by Crippen LogP contribution is -2.42. The van der Waals surface area contributed by atoms with E-state index >= 15 is 0 Å². The molecule has 0 bridgehead atoms. The first-order valence-electron chi connectivity index (χ1n) is 7.33. The van der Waals surface area contributed by atoms with Crippen molar-refractivity contribution >= 4 is 21.7 Å². The minimum absolute atomic E-state index is 0.0403. The molecule has 1 heterocycles. The highest BCUT2D eigenvalue weighted by atomic mass is 32.2. The third kappa shape index (κ3) is 4.08. The monoisotopic (exact) mass is 361 g/mol. The number of carbonyl (C=O) groups excluding carboxylic acids is 1. The summed E-state index contributed by atoms with van der Waals surface area (Å²) in [5.41, 5.74) is 0.477. The fourth-order valence-electron chi connectivity index (χ4n) is 2.59. The van der Waals surface area contributed by atoms with Crippen LogP contribution in [0.15, 0.2) is 29.2 Å². The first-order valence-corrected chi connectivity index (χ1v) is 8.88. The molecule has 0 aliphatic carbocycles. The van der Waals surface area contributed by atoms with Crippen molar-refractivity contribution in [3.05, 3.63) is 29.8 Å². The van der Waals surface area contributed by atoms with Crippen LogP contribution in [0, 0.1) is 5.92 Å². The molecule has 0 spiro atoms. The normalized spacial score (nSPS) is 18.6. The van der Waals surface area contributed by atoms with Crippen LogP contribution in [0.1, 0.15) is 18.4 Å². The molecule has 0 radical (unpaired) electrons. The van der Waals surface area contributed by atoms with Gasteiger partial charge in [0, 0.05) is 13.1 Å². The Labute approximate surface area is 138 Å². The van der Waals surface area contributed by atoms with Crippen molar-refractivity contribution in [2.75, 3.05) is 13.1 Å². The fraction of sp³-hybridized carbons (Fsp3) is 0.467. The molecule has 1 N–H and O–H groups in total. The summed E-state index contributed by atoms with van der Waals surface area (Å²) in [6.45, 7) is 0.618. The number of sulfone groups is 1. The third-order valence-electron chi connectivity index (χ3n) is 3.97. The van der Waals surface area contributed by atoms with E-state index in [-0.39, 0.29) is 18.9 Å². The number of carboxylic acid groups (broad SMARTS) is 1. The molecule has 2 rings (SSSR count). The van der Waals surface area contributed by atoms with E-state index in [1.54, 1.807) is 0 Å². The second-order valence-corrected chi connectivity index (χ2v) is 7.56. The van der Waals surface area contributed by atoms with E-state index in [9.17, 15) is 26.8 Å². The molecule has 1 fully saturated rings. The number of amides is 1. The van der Waals surface area contributed by atoms with Crippen molar-refractivity contribution in [1.82, 2.24) is 4.90 Å². The minimum atomic E-state index is -4.65. The summed E-state index contributed by atoms with van der Waals surface area (Å²) in [7, 11) is -4.65. The van der Waals surface area contributed by atoms with Crippen molar-refractivity contribution in [3.63, 3.8) is 0 Å². The van der Waals surface area contributed by atoms with Gasteiger partial charge in [-0.1, -0.05) is 12.1 Å². The topological polar surface area (TPSA) is 91.8 Å². The van der Waals surface area contributed by atoms with Crippen LogP contribution in [0.5, 0.6) is 0 Å². The Morgan fingerprint density at radius 1 is 1.25 bits per heavy atom. The van der Waals surface area contributed by atoms with Gasteiger partial charge in [-0.25, -0.2) is 8.42 Å². The van der Waals surface area contributed by atoms with E-state index in [1.807, 2.05) is 0 Å². The summed E-state index contributed by atoms with van der Waals surface area (Å²) >= 11 is 0. The van der Waals surface area contributed by atoms with Crippen LogP contribution >= 0.6 is 0 Å². The van der Waals surface area contributed by atoms with E-state index in [0.717, 1.165) is 12.1 Å². The van der Waals surface area contributed by atoms with Gasteiger partial charge in [0.1, 0.15) is 0 Å². The Bertz CT molecular complexity index is 718. The average Bonchev–Trinajstić information content (AvgIpc) is 2.55. The maximum Gasteiger partial charge on any atom is 0.341 e. The van der Waals surface area contributed by atoms with Gasteiger partial charge in [-0.15, -0.1) is 0 Å². The van der Waals surface area contributed by atoms with Crippen LogP contribution < -0.4 is 0 Å². The predicted molar refractivity (Wildman–Crippen MR) is 80.3 cm³/mol. The van der Waals surface area contributed by atoms with Gasteiger partial charge in [0.05, 0.1) is 17.2 Å². The van der Waals surface area contributed by atoms with Crippen LogP contribution in [0.3, 0.4) is 0 Å². The largest absolute Gasteiger partial charge is 0.481 e. The quantitative estimate of drug-likeness (QED) is 0.859. The summed E-state index contributed by atoms with van der Waals surface area (Å²) in [6.07, 6.45) is 1.09. The molecular weight excluding hydrogens is 344 g/mol. The number of carboxylic acids is 1. The van der Waals surface area contributed by atoms with Crippen molar-refractivity contribution in [1.29, 1.82) is 0 Å². The summed E-state index contributed by atoms with van der Waals surface area (Å²) in [4.78, 5) is 24.2. The number of halogens is 2. The zero-order valence-corrected chi connectivity index (χ0v) is 13.5. The number of piperidine rings is 1. The Balaban J connectivity index is 2.03. The number of alkyl halides is 2. The molecule has 1 aliphatic rings. The zero-order chi connectivity index (χ0) is 17.9. The Hall–Kier alpha value is -2.03. The number of likely N-dealkylation sites (tertiary alicyclic amines) is 1. The summed E-state index contributed by atoms with van der Waals surface area (Å²) < 4.78 is 47.6.